The van der Waals surface area contributed by atoms with Gasteiger partial charge in [-0.2, -0.15) is 5.26 Å². The normalized spacial score (nSPS) is 11.8. The number of nitrogens with zero attached hydrogens (tertiary/aromatic N) is 1. The van der Waals surface area contributed by atoms with Crippen molar-refractivity contribution in [1.82, 2.24) is 5.32 Å². The van der Waals surface area contributed by atoms with Crippen molar-refractivity contribution in [3.05, 3.63) is 29.3 Å². The fraction of sp³-hybridized carbons (Fsp3) is 0.467. The molecule has 0 aliphatic heterocycles. The molecule has 0 fully saturated rings. The Kier molecular flexibility index (Phi) is 6.01. The summed E-state index contributed by atoms with van der Waals surface area (Å²) in [5.41, 5.74) is 0.739. The Labute approximate surface area is 119 Å². The minimum absolute atomic E-state index is 0.0199. The van der Waals surface area contributed by atoms with Crippen LogP contribution in [0.25, 0.3) is 0 Å². The third kappa shape index (κ3) is 4.56. The molecule has 0 unspecified atom stereocenters. The minimum Gasteiger partial charge on any atom is -0.490 e. The molecular weight excluding hydrogens is 256 g/mol. The van der Waals surface area contributed by atoms with Gasteiger partial charge in [0.25, 0.3) is 5.91 Å². The number of nitrogens with one attached hydrogen (secondary N) is 1. The molecule has 0 saturated heterocycles. The lowest BCUT2D eigenvalue weighted by Crippen LogP contribution is -2.33. The fourth-order valence-electron chi connectivity index (χ4n) is 1.69. The second-order valence-corrected chi connectivity index (χ2v) is 4.88. The van der Waals surface area contributed by atoms with Crippen molar-refractivity contribution < 1.29 is 14.6 Å². The van der Waals surface area contributed by atoms with Crippen LogP contribution < -0.4 is 10.1 Å². The van der Waals surface area contributed by atoms with Gasteiger partial charge in [-0.3, -0.25) is 4.79 Å². The lowest BCUT2D eigenvalue weighted by molar-refractivity contribution is 0.0934. The van der Waals surface area contributed by atoms with Crippen LogP contribution in [0.4, 0.5) is 0 Å². The molecule has 2 N–H and O–H groups in total. The highest BCUT2D eigenvalue weighted by molar-refractivity contribution is 5.95. The lowest BCUT2D eigenvalue weighted by atomic mass is 10.1. The van der Waals surface area contributed by atoms with Gasteiger partial charge in [-0.1, -0.05) is 0 Å². The molecule has 0 saturated carbocycles. The molecule has 0 aliphatic rings. The Hall–Kier alpha value is -2.06. The molecule has 0 heterocycles. The van der Waals surface area contributed by atoms with Crippen molar-refractivity contribution in [1.29, 1.82) is 5.26 Å². The number of rotatable bonds is 6. The van der Waals surface area contributed by atoms with Gasteiger partial charge >= 0.3 is 0 Å². The smallest absolute Gasteiger partial charge is 0.251 e. The second kappa shape index (κ2) is 7.51. The highest BCUT2D eigenvalue weighted by Gasteiger charge is 2.13. The van der Waals surface area contributed by atoms with E-state index in [1.807, 2.05) is 26.8 Å². The van der Waals surface area contributed by atoms with E-state index in [4.69, 9.17) is 15.1 Å². The highest BCUT2D eigenvalue weighted by atomic mass is 16.5. The predicted octanol–water partition coefficient (Wildman–Crippen LogP) is 1.85. The number of nitriles is 1. The van der Waals surface area contributed by atoms with Crippen LogP contribution in [0, 0.1) is 11.3 Å². The zero-order valence-electron chi connectivity index (χ0n) is 12.0. The van der Waals surface area contributed by atoms with E-state index >= 15 is 0 Å². The van der Waals surface area contributed by atoms with E-state index in [2.05, 4.69) is 5.32 Å². The van der Waals surface area contributed by atoms with Crippen LogP contribution in [-0.2, 0) is 0 Å². The summed E-state index contributed by atoms with van der Waals surface area (Å²) in [7, 11) is 0. The van der Waals surface area contributed by atoms with Gasteiger partial charge in [0.15, 0.2) is 0 Å². The highest BCUT2D eigenvalue weighted by Crippen LogP contribution is 2.20. The Morgan fingerprint density at radius 2 is 2.15 bits per heavy atom. The van der Waals surface area contributed by atoms with Gasteiger partial charge in [0.2, 0.25) is 0 Å². The van der Waals surface area contributed by atoms with Gasteiger partial charge in [0, 0.05) is 18.2 Å². The number of amides is 1. The van der Waals surface area contributed by atoms with Crippen molar-refractivity contribution in [3.63, 3.8) is 0 Å². The summed E-state index contributed by atoms with van der Waals surface area (Å²) in [6.45, 7) is 5.58. The molecule has 108 valence electrons. The van der Waals surface area contributed by atoms with Gasteiger partial charge in [0.1, 0.15) is 11.8 Å². The maximum atomic E-state index is 12.0. The van der Waals surface area contributed by atoms with Crippen molar-refractivity contribution in [2.45, 2.75) is 39.3 Å². The van der Waals surface area contributed by atoms with Crippen LogP contribution in [0.1, 0.15) is 43.1 Å². The first-order valence-electron chi connectivity index (χ1n) is 6.60. The molecule has 0 aromatic heterocycles. The number of ether oxygens (including phenoxy) is 1. The summed E-state index contributed by atoms with van der Waals surface area (Å²) < 4.78 is 5.50. The summed E-state index contributed by atoms with van der Waals surface area (Å²) in [5, 5.41) is 20.7. The standard InChI is InChI=1S/C15H20N2O3/c1-10(2)20-14-5-4-12(8-13(14)9-16)15(19)17-11(3)6-7-18/h4-5,8,10-11,18H,6-7H2,1-3H3,(H,17,19)/t11-/m0/s1. The first kappa shape index (κ1) is 16.0. The van der Waals surface area contributed by atoms with Gasteiger partial charge in [-0.25, -0.2) is 0 Å². The zero-order valence-corrected chi connectivity index (χ0v) is 12.0. The number of aliphatic hydroxyl groups excluding tert-OH is 1. The first-order chi connectivity index (χ1) is 9.47. The Bertz CT molecular complexity index is 506. The zero-order chi connectivity index (χ0) is 15.1. The van der Waals surface area contributed by atoms with E-state index in [-0.39, 0.29) is 24.7 Å². The van der Waals surface area contributed by atoms with E-state index in [0.29, 0.717) is 23.3 Å². The number of hydrogen-bond donors (Lipinski definition) is 2. The molecule has 0 radical (unpaired) electrons. The maximum absolute atomic E-state index is 12.0. The van der Waals surface area contributed by atoms with E-state index in [9.17, 15) is 4.79 Å². The third-order valence-electron chi connectivity index (χ3n) is 2.66. The summed E-state index contributed by atoms with van der Waals surface area (Å²) in [5.74, 6) is 0.209. The summed E-state index contributed by atoms with van der Waals surface area (Å²) in [4.78, 5) is 12.0. The molecule has 1 atom stereocenters. The van der Waals surface area contributed by atoms with Crippen LogP contribution >= 0.6 is 0 Å². The van der Waals surface area contributed by atoms with Crippen molar-refractivity contribution >= 4 is 5.91 Å². The van der Waals surface area contributed by atoms with Crippen LogP contribution in [0.15, 0.2) is 18.2 Å². The Morgan fingerprint density at radius 1 is 1.45 bits per heavy atom. The number of hydrogen-bond acceptors (Lipinski definition) is 4. The van der Waals surface area contributed by atoms with Gasteiger partial charge < -0.3 is 15.2 Å². The molecule has 0 spiro atoms. The van der Waals surface area contributed by atoms with Gasteiger partial charge in [0.05, 0.1) is 11.7 Å². The van der Waals surface area contributed by atoms with Crippen LogP contribution in [0.3, 0.4) is 0 Å². The fourth-order valence-corrected chi connectivity index (χ4v) is 1.69. The van der Waals surface area contributed by atoms with Gasteiger partial charge in [-0.15, -0.1) is 0 Å². The molecule has 1 rings (SSSR count). The predicted molar refractivity (Wildman–Crippen MR) is 75.6 cm³/mol. The average Bonchev–Trinajstić information content (AvgIpc) is 2.38. The van der Waals surface area contributed by atoms with Crippen LogP contribution in [-0.4, -0.2) is 29.8 Å². The summed E-state index contributed by atoms with van der Waals surface area (Å²) >= 11 is 0. The number of benzene rings is 1. The largest absolute Gasteiger partial charge is 0.490 e. The van der Waals surface area contributed by atoms with E-state index in [1.54, 1.807) is 12.1 Å². The number of carbonyl (C=O) groups is 1. The van der Waals surface area contributed by atoms with E-state index < -0.39 is 0 Å². The number of aliphatic hydroxyl groups is 1. The molecular formula is C15H20N2O3. The SMILES string of the molecule is CC(C)Oc1ccc(C(=O)N[C@@H](C)CCO)cc1C#N. The van der Waals surface area contributed by atoms with Gasteiger partial charge in [-0.05, 0) is 45.4 Å². The lowest BCUT2D eigenvalue weighted by Gasteiger charge is -2.14. The van der Waals surface area contributed by atoms with Crippen molar-refractivity contribution in [2.24, 2.45) is 0 Å². The summed E-state index contributed by atoms with van der Waals surface area (Å²) in [6, 6.07) is 6.68. The molecule has 0 aliphatic carbocycles. The first-order valence-corrected chi connectivity index (χ1v) is 6.60. The topological polar surface area (TPSA) is 82.3 Å². The molecule has 5 heteroatoms. The molecule has 20 heavy (non-hydrogen) atoms. The molecule has 1 amide bonds. The Balaban J connectivity index is 2.87. The van der Waals surface area contributed by atoms with Crippen LogP contribution in [0.5, 0.6) is 5.75 Å². The number of carbonyl (C=O) groups excluding carboxylic acids is 1. The summed E-state index contributed by atoms with van der Waals surface area (Å²) in [6.07, 6.45) is 0.456. The molecule has 0 bridgehead atoms. The molecule has 1 aromatic rings. The molecule has 1 aromatic carbocycles. The third-order valence-corrected chi connectivity index (χ3v) is 2.66. The average molecular weight is 276 g/mol. The van der Waals surface area contributed by atoms with Crippen molar-refractivity contribution in [3.8, 4) is 11.8 Å². The maximum Gasteiger partial charge on any atom is 0.251 e. The minimum atomic E-state index is -0.265. The molecule has 5 nitrogen and oxygen atoms in total. The quantitative estimate of drug-likeness (QED) is 0.830. The van der Waals surface area contributed by atoms with E-state index in [0.717, 1.165) is 0 Å². The monoisotopic (exact) mass is 276 g/mol. The second-order valence-electron chi connectivity index (χ2n) is 4.88. The van der Waals surface area contributed by atoms with Crippen molar-refractivity contribution in [2.75, 3.05) is 6.61 Å². The van der Waals surface area contributed by atoms with Crippen LogP contribution in [0.2, 0.25) is 0 Å². The Morgan fingerprint density at radius 3 is 2.70 bits per heavy atom. The van der Waals surface area contributed by atoms with E-state index in [1.165, 1.54) is 6.07 Å².